The van der Waals surface area contributed by atoms with E-state index in [9.17, 15) is 9.59 Å². The number of benzene rings is 2. The van der Waals surface area contributed by atoms with Crippen molar-refractivity contribution < 1.29 is 14.3 Å². The molecule has 136 valence electrons. The summed E-state index contributed by atoms with van der Waals surface area (Å²) in [5.74, 6) is -0.285. The van der Waals surface area contributed by atoms with E-state index in [2.05, 4.69) is 30.4 Å². The van der Waals surface area contributed by atoms with Gasteiger partial charge in [0.2, 0.25) is 11.8 Å². The van der Waals surface area contributed by atoms with Crippen LogP contribution >= 0.6 is 0 Å². The van der Waals surface area contributed by atoms with Crippen LogP contribution in [0.2, 0.25) is 0 Å². The third-order valence-electron chi connectivity index (χ3n) is 4.63. The van der Waals surface area contributed by atoms with Crippen molar-refractivity contribution in [2.75, 3.05) is 25.6 Å². The summed E-state index contributed by atoms with van der Waals surface area (Å²) in [6.07, 6.45) is 1.51. The second-order valence-corrected chi connectivity index (χ2v) is 6.62. The molecular formula is C21H24N2O3. The zero-order valence-electron chi connectivity index (χ0n) is 15.2. The Balaban J connectivity index is 1.73. The number of aryl methyl sites for hydroxylation is 1. The first-order valence-corrected chi connectivity index (χ1v) is 8.85. The fraction of sp³-hybridized carbons (Fsp3) is 0.333. The first kappa shape index (κ1) is 18.1. The number of hydrogen-bond donors (Lipinski definition) is 1. The molecule has 0 radical (unpaired) electrons. The smallest absolute Gasteiger partial charge is 0.249 e. The summed E-state index contributed by atoms with van der Waals surface area (Å²) in [5.41, 5.74) is 4.08. The maximum Gasteiger partial charge on any atom is 0.249 e. The molecule has 1 atom stereocenters. The molecule has 5 heteroatoms. The highest BCUT2D eigenvalue weighted by atomic mass is 16.5. The molecule has 2 amide bonds. The lowest BCUT2D eigenvalue weighted by Crippen LogP contribution is -2.44. The van der Waals surface area contributed by atoms with Crippen molar-refractivity contribution >= 4 is 17.5 Å². The van der Waals surface area contributed by atoms with Crippen LogP contribution in [0.25, 0.3) is 11.1 Å². The molecule has 5 nitrogen and oxygen atoms in total. The van der Waals surface area contributed by atoms with Crippen LogP contribution in [0.15, 0.2) is 48.5 Å². The summed E-state index contributed by atoms with van der Waals surface area (Å²) in [4.78, 5) is 26.4. The maximum atomic E-state index is 12.7. The average Bonchev–Trinajstić information content (AvgIpc) is 3.12. The summed E-state index contributed by atoms with van der Waals surface area (Å²) in [6.45, 7) is 2.66. The van der Waals surface area contributed by atoms with Crippen molar-refractivity contribution in [1.82, 2.24) is 4.90 Å². The number of hydrogen-bond acceptors (Lipinski definition) is 3. The van der Waals surface area contributed by atoms with Gasteiger partial charge < -0.3 is 15.0 Å². The van der Waals surface area contributed by atoms with E-state index >= 15 is 0 Å². The standard InChI is InChI=1S/C21H24N2O3/c1-15-6-3-7-16(12-15)17-8-4-9-18(13-17)22-21(25)19-10-5-11-23(19)20(24)14-26-2/h3-4,6-9,12-13,19H,5,10-11,14H2,1-2H3,(H,22,25)/t19-/m1/s1. The van der Waals surface area contributed by atoms with Gasteiger partial charge in [-0.25, -0.2) is 0 Å². The number of methoxy groups -OCH3 is 1. The second kappa shape index (κ2) is 8.15. The van der Waals surface area contributed by atoms with Crippen LogP contribution in [-0.2, 0) is 14.3 Å². The molecule has 1 fully saturated rings. The van der Waals surface area contributed by atoms with Gasteiger partial charge in [-0.3, -0.25) is 9.59 Å². The number of nitrogens with zero attached hydrogens (tertiary/aromatic N) is 1. The van der Waals surface area contributed by atoms with Crippen LogP contribution in [0.1, 0.15) is 18.4 Å². The van der Waals surface area contributed by atoms with Crippen molar-refractivity contribution in [2.45, 2.75) is 25.8 Å². The number of rotatable bonds is 5. The molecule has 0 bridgehead atoms. The fourth-order valence-electron chi connectivity index (χ4n) is 3.37. The van der Waals surface area contributed by atoms with E-state index in [-0.39, 0.29) is 18.4 Å². The van der Waals surface area contributed by atoms with Gasteiger partial charge in [0.15, 0.2) is 0 Å². The Hall–Kier alpha value is -2.66. The Bertz CT molecular complexity index is 803. The normalized spacial score (nSPS) is 16.5. The Morgan fingerprint density at radius 2 is 1.88 bits per heavy atom. The van der Waals surface area contributed by atoms with Crippen molar-refractivity contribution in [3.8, 4) is 11.1 Å². The largest absolute Gasteiger partial charge is 0.375 e. The molecule has 0 saturated carbocycles. The Morgan fingerprint density at radius 3 is 2.62 bits per heavy atom. The maximum absolute atomic E-state index is 12.7. The van der Waals surface area contributed by atoms with E-state index in [4.69, 9.17) is 4.74 Å². The molecule has 2 aromatic rings. The van der Waals surface area contributed by atoms with E-state index in [0.717, 1.165) is 23.2 Å². The molecule has 0 spiro atoms. The molecule has 0 aromatic heterocycles. The lowest BCUT2D eigenvalue weighted by Gasteiger charge is -2.23. The molecule has 1 aliphatic rings. The second-order valence-electron chi connectivity index (χ2n) is 6.62. The van der Waals surface area contributed by atoms with Gasteiger partial charge in [-0.15, -0.1) is 0 Å². The molecule has 0 aliphatic carbocycles. The molecule has 1 N–H and O–H groups in total. The number of carbonyl (C=O) groups excluding carboxylic acids is 2. The van der Waals surface area contributed by atoms with Crippen LogP contribution in [0.5, 0.6) is 0 Å². The van der Waals surface area contributed by atoms with E-state index in [1.165, 1.54) is 12.7 Å². The van der Waals surface area contributed by atoms with Gasteiger partial charge in [-0.05, 0) is 43.0 Å². The van der Waals surface area contributed by atoms with Crippen molar-refractivity contribution in [1.29, 1.82) is 0 Å². The average molecular weight is 352 g/mol. The number of anilines is 1. The number of nitrogens with one attached hydrogen (secondary N) is 1. The van der Waals surface area contributed by atoms with Crippen LogP contribution in [0, 0.1) is 6.92 Å². The highest BCUT2D eigenvalue weighted by molar-refractivity contribution is 5.98. The van der Waals surface area contributed by atoms with Gasteiger partial charge in [0.1, 0.15) is 12.6 Å². The molecule has 1 saturated heterocycles. The van der Waals surface area contributed by atoms with Gasteiger partial charge in [0.25, 0.3) is 0 Å². The van der Waals surface area contributed by atoms with Gasteiger partial charge in [0, 0.05) is 19.3 Å². The minimum atomic E-state index is -0.430. The minimum Gasteiger partial charge on any atom is -0.375 e. The number of likely N-dealkylation sites (tertiary alicyclic amines) is 1. The summed E-state index contributed by atoms with van der Waals surface area (Å²) in [7, 11) is 1.49. The van der Waals surface area contributed by atoms with Crippen molar-refractivity contribution in [2.24, 2.45) is 0 Å². The van der Waals surface area contributed by atoms with Crippen LogP contribution in [0.4, 0.5) is 5.69 Å². The summed E-state index contributed by atoms with van der Waals surface area (Å²) in [6, 6.07) is 15.6. The molecule has 26 heavy (non-hydrogen) atoms. The highest BCUT2D eigenvalue weighted by Gasteiger charge is 2.33. The first-order valence-electron chi connectivity index (χ1n) is 8.85. The van der Waals surface area contributed by atoms with Crippen LogP contribution in [0.3, 0.4) is 0 Å². The lowest BCUT2D eigenvalue weighted by atomic mass is 10.0. The number of amides is 2. The summed E-state index contributed by atoms with van der Waals surface area (Å²) in [5, 5.41) is 2.96. The Labute approximate surface area is 154 Å². The summed E-state index contributed by atoms with van der Waals surface area (Å²) < 4.78 is 4.91. The first-order chi connectivity index (χ1) is 12.6. The molecular weight excluding hydrogens is 328 g/mol. The fourth-order valence-corrected chi connectivity index (χ4v) is 3.37. The highest BCUT2D eigenvalue weighted by Crippen LogP contribution is 2.25. The number of ether oxygens (including phenoxy) is 1. The Morgan fingerprint density at radius 1 is 1.15 bits per heavy atom. The van der Waals surface area contributed by atoms with Gasteiger partial charge in [0.05, 0.1) is 0 Å². The third-order valence-corrected chi connectivity index (χ3v) is 4.63. The van der Waals surface area contributed by atoms with E-state index in [0.29, 0.717) is 13.0 Å². The predicted molar refractivity (Wildman–Crippen MR) is 102 cm³/mol. The van der Waals surface area contributed by atoms with Crippen molar-refractivity contribution in [3.63, 3.8) is 0 Å². The molecule has 0 unspecified atom stereocenters. The van der Waals surface area contributed by atoms with Gasteiger partial charge in [-0.1, -0.05) is 42.0 Å². The number of carbonyl (C=O) groups is 2. The van der Waals surface area contributed by atoms with Crippen LogP contribution in [-0.4, -0.2) is 43.0 Å². The van der Waals surface area contributed by atoms with Crippen molar-refractivity contribution in [3.05, 3.63) is 54.1 Å². The van der Waals surface area contributed by atoms with E-state index in [1.54, 1.807) is 4.90 Å². The Kier molecular flexibility index (Phi) is 5.68. The monoisotopic (exact) mass is 352 g/mol. The topological polar surface area (TPSA) is 58.6 Å². The van der Waals surface area contributed by atoms with E-state index < -0.39 is 6.04 Å². The van der Waals surface area contributed by atoms with Gasteiger partial charge >= 0.3 is 0 Å². The van der Waals surface area contributed by atoms with Gasteiger partial charge in [-0.2, -0.15) is 0 Å². The molecule has 1 heterocycles. The quantitative estimate of drug-likeness (QED) is 0.899. The molecule has 2 aromatic carbocycles. The minimum absolute atomic E-state index is 0.00657. The SMILES string of the molecule is COCC(=O)N1CCC[C@@H]1C(=O)Nc1cccc(-c2cccc(C)c2)c1. The summed E-state index contributed by atoms with van der Waals surface area (Å²) >= 11 is 0. The predicted octanol–water partition coefficient (Wildman–Crippen LogP) is 3.24. The third kappa shape index (κ3) is 4.11. The van der Waals surface area contributed by atoms with E-state index in [1.807, 2.05) is 30.3 Å². The lowest BCUT2D eigenvalue weighted by molar-refractivity contribution is -0.139. The molecule has 3 rings (SSSR count). The van der Waals surface area contributed by atoms with Crippen LogP contribution < -0.4 is 5.32 Å². The zero-order valence-corrected chi connectivity index (χ0v) is 15.2. The zero-order chi connectivity index (χ0) is 18.5. The molecule has 1 aliphatic heterocycles.